The summed E-state index contributed by atoms with van der Waals surface area (Å²) in [4.78, 5) is 12.7. The fraction of sp³-hybridized carbons (Fsp3) is 0.417. The van der Waals surface area contributed by atoms with Crippen molar-refractivity contribution in [3.8, 4) is 0 Å². The monoisotopic (exact) mass is 309 g/mol. The van der Waals surface area contributed by atoms with Gasteiger partial charge in [0.2, 0.25) is 5.95 Å². The molecule has 21 heavy (non-hydrogen) atoms. The van der Waals surface area contributed by atoms with Gasteiger partial charge in [0.1, 0.15) is 28.9 Å². The number of nitrogens with two attached hydrogens (primary N) is 1. The highest BCUT2D eigenvalue weighted by atomic mass is 32.2. The maximum atomic E-state index is 9.00. The SMILES string of the molecule is Nc1nc(SCCO)c2ncn(C3CC/C(=C\O)O3)c2n1. The summed E-state index contributed by atoms with van der Waals surface area (Å²) in [5.41, 5.74) is 6.97. The van der Waals surface area contributed by atoms with Crippen LogP contribution in [0, 0.1) is 0 Å². The molecule has 1 fully saturated rings. The second-order valence-electron chi connectivity index (χ2n) is 4.49. The van der Waals surface area contributed by atoms with Gasteiger partial charge in [0.15, 0.2) is 11.9 Å². The van der Waals surface area contributed by atoms with Crippen LogP contribution in [0.3, 0.4) is 0 Å². The topological polar surface area (TPSA) is 119 Å². The van der Waals surface area contributed by atoms with Gasteiger partial charge >= 0.3 is 0 Å². The first-order chi connectivity index (χ1) is 10.2. The highest BCUT2D eigenvalue weighted by molar-refractivity contribution is 7.99. The average Bonchev–Trinajstić information content (AvgIpc) is 3.10. The molecule has 3 heterocycles. The minimum Gasteiger partial charge on any atom is -0.512 e. The number of aliphatic hydroxyl groups is 2. The van der Waals surface area contributed by atoms with E-state index < -0.39 is 0 Å². The first kappa shape index (κ1) is 14.0. The molecule has 2 aromatic heterocycles. The summed E-state index contributed by atoms with van der Waals surface area (Å²) in [6.07, 6.45) is 3.73. The summed E-state index contributed by atoms with van der Waals surface area (Å²) in [5.74, 6) is 1.20. The second kappa shape index (κ2) is 5.78. The fourth-order valence-corrected chi connectivity index (χ4v) is 2.93. The molecule has 1 aliphatic heterocycles. The van der Waals surface area contributed by atoms with E-state index in [0.29, 0.717) is 34.1 Å². The van der Waals surface area contributed by atoms with Gasteiger partial charge in [-0.25, -0.2) is 9.97 Å². The predicted molar refractivity (Wildman–Crippen MR) is 77.6 cm³/mol. The summed E-state index contributed by atoms with van der Waals surface area (Å²) >= 11 is 1.38. The molecule has 4 N–H and O–H groups in total. The van der Waals surface area contributed by atoms with E-state index in [1.807, 2.05) is 0 Å². The van der Waals surface area contributed by atoms with E-state index in [9.17, 15) is 0 Å². The molecule has 0 bridgehead atoms. The number of rotatable bonds is 4. The van der Waals surface area contributed by atoms with Gasteiger partial charge in [0.05, 0.1) is 6.61 Å². The Bertz CT molecular complexity index is 687. The van der Waals surface area contributed by atoms with Gasteiger partial charge in [-0.05, 0) is 0 Å². The quantitative estimate of drug-likeness (QED) is 0.438. The van der Waals surface area contributed by atoms with Crippen molar-refractivity contribution < 1.29 is 14.9 Å². The van der Waals surface area contributed by atoms with Crippen molar-refractivity contribution in [1.82, 2.24) is 19.5 Å². The molecule has 112 valence electrons. The van der Waals surface area contributed by atoms with Crippen LogP contribution in [0.15, 0.2) is 23.4 Å². The van der Waals surface area contributed by atoms with E-state index in [1.165, 1.54) is 11.8 Å². The molecule has 1 atom stereocenters. The number of anilines is 1. The van der Waals surface area contributed by atoms with Crippen LogP contribution in [0.1, 0.15) is 19.1 Å². The zero-order valence-electron chi connectivity index (χ0n) is 11.1. The number of aliphatic hydroxyl groups excluding tert-OH is 2. The van der Waals surface area contributed by atoms with Crippen LogP contribution in [0.4, 0.5) is 5.95 Å². The Morgan fingerprint density at radius 2 is 2.38 bits per heavy atom. The number of fused-ring (bicyclic) bond motifs is 1. The van der Waals surface area contributed by atoms with E-state index in [2.05, 4.69) is 15.0 Å². The van der Waals surface area contributed by atoms with Crippen LogP contribution in [-0.2, 0) is 4.74 Å². The molecule has 1 saturated heterocycles. The Morgan fingerprint density at radius 3 is 3.10 bits per heavy atom. The Labute approximate surface area is 124 Å². The molecular weight excluding hydrogens is 294 g/mol. The number of hydrogen-bond acceptors (Lipinski definition) is 8. The number of hydrogen-bond donors (Lipinski definition) is 3. The lowest BCUT2D eigenvalue weighted by Crippen LogP contribution is -2.07. The van der Waals surface area contributed by atoms with Gasteiger partial charge < -0.3 is 20.7 Å². The van der Waals surface area contributed by atoms with Crippen LogP contribution < -0.4 is 5.73 Å². The Morgan fingerprint density at radius 1 is 1.52 bits per heavy atom. The number of allylic oxidation sites excluding steroid dienone is 1. The van der Waals surface area contributed by atoms with E-state index in [-0.39, 0.29) is 18.8 Å². The molecule has 1 aliphatic rings. The number of ether oxygens (including phenoxy) is 1. The molecular formula is C12H15N5O3S. The predicted octanol–water partition coefficient (Wildman–Crippen LogP) is 1.20. The lowest BCUT2D eigenvalue weighted by Gasteiger charge is -2.12. The summed E-state index contributed by atoms with van der Waals surface area (Å²) in [7, 11) is 0. The van der Waals surface area contributed by atoms with Crippen LogP contribution >= 0.6 is 11.8 Å². The largest absolute Gasteiger partial charge is 0.512 e. The van der Waals surface area contributed by atoms with Gasteiger partial charge in [-0.1, -0.05) is 0 Å². The molecule has 0 aromatic carbocycles. The third kappa shape index (κ3) is 2.61. The molecule has 3 rings (SSSR count). The van der Waals surface area contributed by atoms with E-state index >= 15 is 0 Å². The number of nitrogens with zero attached hydrogens (tertiary/aromatic N) is 4. The molecule has 0 amide bonds. The Hall–Kier alpha value is -2.00. The standard InChI is InChI=1S/C12H15N5O3S/c13-12-15-10-9(11(16-12)21-4-3-18)14-6-17(10)8-2-1-7(5-19)20-8/h5-6,8,18-19H,1-4H2,(H2,13,15,16)/b7-5+. The molecule has 0 spiro atoms. The maximum absolute atomic E-state index is 9.00. The van der Waals surface area contributed by atoms with Gasteiger partial charge in [-0.15, -0.1) is 11.8 Å². The van der Waals surface area contributed by atoms with Crippen LogP contribution in [0.2, 0.25) is 0 Å². The molecule has 2 aromatic rings. The number of aromatic nitrogens is 4. The molecule has 8 nitrogen and oxygen atoms in total. The smallest absolute Gasteiger partial charge is 0.223 e. The maximum Gasteiger partial charge on any atom is 0.223 e. The van der Waals surface area contributed by atoms with Crippen molar-refractivity contribution in [3.63, 3.8) is 0 Å². The summed E-state index contributed by atoms with van der Waals surface area (Å²) < 4.78 is 7.39. The minimum atomic E-state index is -0.265. The van der Waals surface area contributed by atoms with Crippen molar-refractivity contribution in [2.75, 3.05) is 18.1 Å². The molecule has 0 radical (unpaired) electrons. The van der Waals surface area contributed by atoms with Gasteiger partial charge in [-0.2, -0.15) is 4.98 Å². The van der Waals surface area contributed by atoms with E-state index in [0.717, 1.165) is 12.7 Å². The zero-order chi connectivity index (χ0) is 14.8. The van der Waals surface area contributed by atoms with Crippen molar-refractivity contribution in [1.29, 1.82) is 0 Å². The van der Waals surface area contributed by atoms with Crippen molar-refractivity contribution >= 4 is 28.9 Å². The second-order valence-corrected chi connectivity index (χ2v) is 5.57. The third-order valence-electron chi connectivity index (χ3n) is 3.12. The van der Waals surface area contributed by atoms with Crippen molar-refractivity contribution in [2.45, 2.75) is 24.1 Å². The Balaban J connectivity index is 1.99. The minimum absolute atomic E-state index is 0.0488. The van der Waals surface area contributed by atoms with Crippen LogP contribution in [0.25, 0.3) is 11.2 Å². The summed E-state index contributed by atoms with van der Waals surface area (Å²) in [5, 5.41) is 18.6. The fourth-order valence-electron chi connectivity index (χ4n) is 2.21. The van der Waals surface area contributed by atoms with Gasteiger partial charge in [-0.3, -0.25) is 4.57 Å². The molecule has 9 heteroatoms. The van der Waals surface area contributed by atoms with E-state index in [4.69, 9.17) is 20.7 Å². The Kier molecular flexibility index (Phi) is 3.84. The van der Waals surface area contributed by atoms with Gasteiger partial charge in [0.25, 0.3) is 0 Å². The van der Waals surface area contributed by atoms with Gasteiger partial charge in [0, 0.05) is 18.6 Å². The van der Waals surface area contributed by atoms with Crippen molar-refractivity contribution in [3.05, 3.63) is 18.3 Å². The normalized spacial score (nSPS) is 20.2. The number of thioether (sulfide) groups is 1. The molecule has 0 aliphatic carbocycles. The van der Waals surface area contributed by atoms with E-state index in [1.54, 1.807) is 10.9 Å². The number of imidazole rings is 1. The lowest BCUT2D eigenvalue weighted by atomic mass is 10.3. The van der Waals surface area contributed by atoms with Crippen LogP contribution in [-0.4, -0.2) is 42.1 Å². The first-order valence-electron chi connectivity index (χ1n) is 6.46. The van der Waals surface area contributed by atoms with Crippen molar-refractivity contribution in [2.24, 2.45) is 0 Å². The lowest BCUT2D eigenvalue weighted by molar-refractivity contribution is 0.0965. The van der Waals surface area contributed by atoms with Crippen LogP contribution in [0.5, 0.6) is 0 Å². The zero-order valence-corrected chi connectivity index (χ0v) is 12.0. The number of nitrogen functional groups attached to an aromatic ring is 1. The average molecular weight is 309 g/mol. The molecule has 1 unspecified atom stereocenters. The highest BCUT2D eigenvalue weighted by Crippen LogP contribution is 2.34. The summed E-state index contributed by atoms with van der Waals surface area (Å²) in [6.45, 7) is 0.0488. The third-order valence-corrected chi connectivity index (χ3v) is 4.06. The molecule has 0 saturated carbocycles. The first-order valence-corrected chi connectivity index (χ1v) is 7.45. The summed E-state index contributed by atoms with van der Waals surface area (Å²) in [6, 6.07) is 0. The highest BCUT2D eigenvalue weighted by Gasteiger charge is 2.25.